The third-order valence-electron chi connectivity index (χ3n) is 13.3. The van der Waals surface area contributed by atoms with Crippen LogP contribution in [0.5, 0.6) is 0 Å². The molecule has 2 aromatic heterocycles. The van der Waals surface area contributed by atoms with Crippen LogP contribution in [0.2, 0.25) is 0 Å². The molecule has 0 amide bonds. The minimum absolute atomic E-state index is 0.822. The molecule has 308 valence electrons. The van der Waals surface area contributed by atoms with Gasteiger partial charge < -0.3 is 8.83 Å². The normalized spacial score (nSPS) is 11.6. The first-order valence-electron chi connectivity index (χ1n) is 22.6. The summed E-state index contributed by atoms with van der Waals surface area (Å²) in [4.78, 5) is 0. The number of fused-ring (bicyclic) bond motifs is 7. The van der Waals surface area contributed by atoms with Crippen molar-refractivity contribution in [1.29, 1.82) is 0 Å². The molecule has 0 spiro atoms. The highest BCUT2D eigenvalue weighted by molar-refractivity contribution is 6.29. The third kappa shape index (κ3) is 6.18. The van der Waals surface area contributed by atoms with Gasteiger partial charge in [0.05, 0.1) is 0 Å². The first-order valence-corrected chi connectivity index (χ1v) is 22.6. The minimum atomic E-state index is 0.822. The molecule has 0 saturated heterocycles. The van der Waals surface area contributed by atoms with Gasteiger partial charge in [0.1, 0.15) is 22.7 Å². The Kier molecular flexibility index (Phi) is 8.89. The zero-order chi connectivity index (χ0) is 43.6. The first-order chi connectivity index (χ1) is 32.7. The van der Waals surface area contributed by atoms with Crippen molar-refractivity contribution in [3.05, 3.63) is 243 Å². The quantitative estimate of drug-likeness (QED) is 0.160. The number of benzene rings is 11. The van der Waals surface area contributed by atoms with E-state index in [9.17, 15) is 0 Å². The standard InChI is InChI=1S/C64H40O2/c1-5-19-43(20-6-1)53-39-55-57(46-24-9-3-10-25-46)61(48-35-33-45(34-36-48)52-31-17-29-42-23-15-16-30-51(42)52)65-63(55)59-54(44-21-7-2-8-22-44)40-56-58(47-26-11-4-12-27-47)62(66-64(56)60(53)59)50-37-32-41-18-13-14-28-49(41)38-50/h1-40H. The summed E-state index contributed by atoms with van der Waals surface area (Å²) in [5, 5.41) is 8.93. The lowest BCUT2D eigenvalue weighted by Gasteiger charge is -2.14. The van der Waals surface area contributed by atoms with Gasteiger partial charge in [0.15, 0.2) is 0 Å². The van der Waals surface area contributed by atoms with Gasteiger partial charge in [-0.25, -0.2) is 0 Å². The summed E-state index contributed by atoms with van der Waals surface area (Å²) in [7, 11) is 0. The molecule has 0 atom stereocenters. The van der Waals surface area contributed by atoms with Crippen molar-refractivity contribution in [2.45, 2.75) is 0 Å². The summed E-state index contributed by atoms with van der Waals surface area (Å²) in [6.07, 6.45) is 0. The van der Waals surface area contributed by atoms with Gasteiger partial charge in [0, 0.05) is 43.8 Å². The van der Waals surface area contributed by atoms with Crippen LogP contribution in [0, 0.1) is 0 Å². The average molecular weight is 841 g/mol. The Bertz CT molecular complexity index is 3890. The van der Waals surface area contributed by atoms with Crippen molar-refractivity contribution in [3.63, 3.8) is 0 Å². The maximum absolute atomic E-state index is 7.48. The number of hydrogen-bond acceptors (Lipinski definition) is 2. The van der Waals surface area contributed by atoms with E-state index in [1.165, 1.54) is 21.7 Å². The highest BCUT2D eigenvalue weighted by Gasteiger charge is 2.29. The summed E-state index contributed by atoms with van der Waals surface area (Å²) in [5.74, 6) is 1.66. The van der Waals surface area contributed by atoms with E-state index in [4.69, 9.17) is 8.83 Å². The van der Waals surface area contributed by atoms with Crippen LogP contribution >= 0.6 is 0 Å². The second-order valence-electron chi connectivity index (χ2n) is 17.1. The first kappa shape index (κ1) is 37.8. The molecule has 0 aliphatic rings. The van der Waals surface area contributed by atoms with Crippen LogP contribution in [0.15, 0.2) is 251 Å². The molecule has 0 N–H and O–H groups in total. The van der Waals surface area contributed by atoms with Crippen molar-refractivity contribution in [2.75, 3.05) is 0 Å². The van der Waals surface area contributed by atoms with E-state index in [0.717, 1.165) is 111 Å². The molecule has 2 nitrogen and oxygen atoms in total. The lowest BCUT2D eigenvalue weighted by atomic mass is 9.87. The zero-order valence-corrected chi connectivity index (χ0v) is 35.9. The zero-order valence-electron chi connectivity index (χ0n) is 35.9. The molecule has 11 aromatic carbocycles. The predicted molar refractivity (Wildman–Crippen MR) is 277 cm³/mol. The van der Waals surface area contributed by atoms with Crippen molar-refractivity contribution in [2.24, 2.45) is 0 Å². The Morgan fingerprint density at radius 3 is 1.20 bits per heavy atom. The maximum atomic E-state index is 7.48. The van der Waals surface area contributed by atoms with Crippen molar-refractivity contribution >= 4 is 54.3 Å². The molecule has 13 aromatic rings. The van der Waals surface area contributed by atoms with Gasteiger partial charge in [-0.15, -0.1) is 0 Å². The Labute approximate surface area is 382 Å². The van der Waals surface area contributed by atoms with Crippen LogP contribution in [0.1, 0.15) is 0 Å². The fraction of sp³-hybridized carbons (Fsp3) is 0. The summed E-state index contributed by atoms with van der Waals surface area (Å²) in [6, 6.07) is 86.8. The SMILES string of the molecule is c1ccc(-c2c(-c3ccc(-c4cccc5ccccc45)cc3)oc3c2cc(-c2ccccc2)c2c4oc(-c5ccc6ccccc6c5)c(-c5ccccc5)c4cc(-c4ccccc4)c32)cc1. The minimum Gasteiger partial charge on any atom is -0.455 e. The number of hydrogen-bond donors (Lipinski definition) is 0. The molecular weight excluding hydrogens is 801 g/mol. The molecule has 0 unspecified atom stereocenters. The van der Waals surface area contributed by atoms with Crippen molar-refractivity contribution in [1.82, 2.24) is 0 Å². The largest absolute Gasteiger partial charge is 0.455 e. The van der Waals surface area contributed by atoms with Gasteiger partial charge in [0.25, 0.3) is 0 Å². The monoisotopic (exact) mass is 840 g/mol. The molecule has 13 rings (SSSR count). The topological polar surface area (TPSA) is 26.3 Å². The number of furan rings is 2. The average Bonchev–Trinajstić information content (AvgIpc) is 3.98. The van der Waals surface area contributed by atoms with E-state index in [2.05, 4.69) is 243 Å². The Balaban J connectivity index is 1.17. The third-order valence-corrected chi connectivity index (χ3v) is 13.3. The second-order valence-corrected chi connectivity index (χ2v) is 17.1. The lowest BCUT2D eigenvalue weighted by molar-refractivity contribution is 0.633. The summed E-state index contributed by atoms with van der Waals surface area (Å²) >= 11 is 0. The van der Waals surface area contributed by atoms with Crippen molar-refractivity contribution in [3.8, 4) is 78.3 Å². The van der Waals surface area contributed by atoms with Crippen molar-refractivity contribution < 1.29 is 8.83 Å². The van der Waals surface area contributed by atoms with Crippen LogP contribution in [-0.2, 0) is 0 Å². The van der Waals surface area contributed by atoms with Gasteiger partial charge in [0.2, 0.25) is 0 Å². The smallest absolute Gasteiger partial charge is 0.144 e. The molecule has 0 fully saturated rings. The van der Waals surface area contributed by atoms with Crippen LogP contribution in [0.25, 0.3) is 133 Å². The Morgan fingerprint density at radius 2 is 0.636 bits per heavy atom. The van der Waals surface area contributed by atoms with Gasteiger partial charge in [-0.05, 0) is 84.3 Å². The van der Waals surface area contributed by atoms with E-state index < -0.39 is 0 Å². The van der Waals surface area contributed by atoms with E-state index in [-0.39, 0.29) is 0 Å². The Morgan fingerprint density at radius 1 is 0.227 bits per heavy atom. The summed E-state index contributed by atoms with van der Waals surface area (Å²) in [6.45, 7) is 0. The fourth-order valence-electron chi connectivity index (χ4n) is 10.2. The van der Waals surface area contributed by atoms with E-state index >= 15 is 0 Å². The molecule has 0 bridgehead atoms. The molecule has 0 aliphatic carbocycles. The maximum Gasteiger partial charge on any atom is 0.144 e. The molecule has 2 heterocycles. The molecule has 0 saturated carbocycles. The molecule has 0 aliphatic heterocycles. The van der Waals surface area contributed by atoms with E-state index in [1.54, 1.807) is 0 Å². The Hall–Kier alpha value is -8.72. The van der Waals surface area contributed by atoms with Gasteiger partial charge in [-0.1, -0.05) is 224 Å². The molecule has 66 heavy (non-hydrogen) atoms. The van der Waals surface area contributed by atoms with E-state index in [1.807, 2.05) is 0 Å². The van der Waals surface area contributed by atoms with Gasteiger partial charge >= 0.3 is 0 Å². The molecule has 0 radical (unpaired) electrons. The molecular formula is C64H40O2. The van der Waals surface area contributed by atoms with Gasteiger partial charge in [-0.2, -0.15) is 0 Å². The highest BCUT2D eigenvalue weighted by Crippen LogP contribution is 2.53. The van der Waals surface area contributed by atoms with E-state index in [0.29, 0.717) is 0 Å². The fourth-order valence-corrected chi connectivity index (χ4v) is 10.2. The number of rotatable bonds is 7. The van der Waals surface area contributed by atoms with Crippen LogP contribution in [0.3, 0.4) is 0 Å². The lowest BCUT2D eigenvalue weighted by Crippen LogP contribution is -1.89. The highest BCUT2D eigenvalue weighted by atomic mass is 16.3. The second kappa shape index (κ2) is 15.5. The van der Waals surface area contributed by atoms with Crippen LogP contribution < -0.4 is 0 Å². The van der Waals surface area contributed by atoms with Gasteiger partial charge in [-0.3, -0.25) is 0 Å². The van der Waals surface area contributed by atoms with Crippen LogP contribution in [0.4, 0.5) is 0 Å². The molecule has 2 heteroatoms. The van der Waals surface area contributed by atoms with Crippen LogP contribution in [-0.4, -0.2) is 0 Å². The summed E-state index contributed by atoms with van der Waals surface area (Å²) in [5.41, 5.74) is 14.7. The summed E-state index contributed by atoms with van der Waals surface area (Å²) < 4.78 is 14.9. The predicted octanol–water partition coefficient (Wildman–Crippen LogP) is 18.3.